The largest absolute Gasteiger partial charge is 0.383 e. The van der Waals surface area contributed by atoms with Crippen LogP contribution in [-0.4, -0.2) is 49.7 Å². The standard InChI is InChI=1S/C15H28N2O2/c1-12-3-5-13(6-4-12)17(14-7-8-14)15(18)11-16-9-10-19-2/h12-14,16H,3-11H2,1-2H3. The minimum absolute atomic E-state index is 0.290. The van der Waals surface area contributed by atoms with Gasteiger partial charge in [0.15, 0.2) is 0 Å². The second-order valence-electron chi connectivity index (χ2n) is 6.12. The molecule has 0 spiro atoms. The first-order valence-electron chi connectivity index (χ1n) is 7.73. The average molecular weight is 268 g/mol. The van der Waals surface area contributed by atoms with Crippen molar-refractivity contribution in [3.63, 3.8) is 0 Å². The molecule has 0 aliphatic heterocycles. The fourth-order valence-electron chi connectivity index (χ4n) is 3.04. The van der Waals surface area contributed by atoms with E-state index < -0.39 is 0 Å². The summed E-state index contributed by atoms with van der Waals surface area (Å²) in [6.07, 6.45) is 7.35. The van der Waals surface area contributed by atoms with E-state index in [2.05, 4.69) is 17.1 Å². The Kier molecular flexibility index (Phi) is 5.64. The fraction of sp³-hybridized carbons (Fsp3) is 0.933. The molecule has 4 nitrogen and oxygen atoms in total. The van der Waals surface area contributed by atoms with Crippen molar-refractivity contribution in [2.45, 2.75) is 57.5 Å². The summed E-state index contributed by atoms with van der Waals surface area (Å²) >= 11 is 0. The maximum absolute atomic E-state index is 12.4. The molecule has 0 bridgehead atoms. The van der Waals surface area contributed by atoms with Crippen molar-refractivity contribution in [3.8, 4) is 0 Å². The maximum atomic E-state index is 12.4. The zero-order valence-electron chi connectivity index (χ0n) is 12.4. The lowest BCUT2D eigenvalue weighted by molar-refractivity contribution is -0.134. The van der Waals surface area contributed by atoms with Crippen LogP contribution in [0.2, 0.25) is 0 Å². The summed E-state index contributed by atoms with van der Waals surface area (Å²) in [5, 5.41) is 3.18. The van der Waals surface area contributed by atoms with E-state index in [1.54, 1.807) is 7.11 Å². The van der Waals surface area contributed by atoms with E-state index in [9.17, 15) is 4.79 Å². The molecule has 0 radical (unpaired) electrons. The Bertz CT molecular complexity index is 284. The van der Waals surface area contributed by atoms with Crippen LogP contribution in [0.1, 0.15) is 45.4 Å². The number of nitrogens with zero attached hydrogens (tertiary/aromatic N) is 1. The monoisotopic (exact) mass is 268 g/mol. The highest BCUT2D eigenvalue weighted by molar-refractivity contribution is 5.79. The number of carbonyl (C=O) groups excluding carboxylic acids is 1. The van der Waals surface area contributed by atoms with Crippen molar-refractivity contribution >= 4 is 5.91 Å². The van der Waals surface area contributed by atoms with Gasteiger partial charge in [-0.2, -0.15) is 0 Å². The number of amides is 1. The van der Waals surface area contributed by atoms with Crippen LogP contribution >= 0.6 is 0 Å². The summed E-state index contributed by atoms with van der Waals surface area (Å²) < 4.78 is 4.98. The van der Waals surface area contributed by atoms with Gasteiger partial charge < -0.3 is 15.0 Å². The molecular formula is C15H28N2O2. The molecule has 1 amide bonds. The van der Waals surface area contributed by atoms with Crippen LogP contribution in [0.5, 0.6) is 0 Å². The van der Waals surface area contributed by atoms with Gasteiger partial charge in [0.2, 0.25) is 5.91 Å². The molecule has 4 heteroatoms. The summed E-state index contributed by atoms with van der Waals surface area (Å²) in [5.41, 5.74) is 0. The number of carbonyl (C=O) groups is 1. The number of rotatable bonds is 7. The molecule has 2 aliphatic rings. The summed E-state index contributed by atoms with van der Waals surface area (Å²) in [6, 6.07) is 1.04. The Morgan fingerprint density at radius 1 is 1.16 bits per heavy atom. The van der Waals surface area contributed by atoms with Crippen LogP contribution in [-0.2, 0) is 9.53 Å². The molecule has 2 rings (SSSR count). The molecule has 0 atom stereocenters. The molecule has 0 aromatic heterocycles. The van der Waals surface area contributed by atoms with E-state index in [1.807, 2.05) is 0 Å². The maximum Gasteiger partial charge on any atom is 0.237 e. The molecule has 0 saturated heterocycles. The van der Waals surface area contributed by atoms with Gasteiger partial charge in [0.05, 0.1) is 13.2 Å². The average Bonchev–Trinajstić information content (AvgIpc) is 3.22. The first-order valence-corrected chi connectivity index (χ1v) is 7.73. The highest BCUT2D eigenvalue weighted by atomic mass is 16.5. The van der Waals surface area contributed by atoms with Crippen LogP contribution in [0.15, 0.2) is 0 Å². The third-order valence-corrected chi connectivity index (χ3v) is 4.37. The van der Waals surface area contributed by atoms with Gasteiger partial charge in [-0.15, -0.1) is 0 Å². The lowest BCUT2D eigenvalue weighted by Gasteiger charge is -2.36. The first-order chi connectivity index (χ1) is 9.22. The summed E-state index contributed by atoms with van der Waals surface area (Å²) in [7, 11) is 1.68. The lowest BCUT2D eigenvalue weighted by atomic mass is 9.86. The van der Waals surface area contributed by atoms with Gasteiger partial charge in [0.25, 0.3) is 0 Å². The smallest absolute Gasteiger partial charge is 0.237 e. The molecule has 0 aromatic rings. The third-order valence-electron chi connectivity index (χ3n) is 4.37. The quantitative estimate of drug-likeness (QED) is 0.716. The van der Waals surface area contributed by atoms with Crippen LogP contribution in [0, 0.1) is 5.92 Å². The van der Waals surface area contributed by atoms with E-state index in [1.165, 1.54) is 38.5 Å². The predicted octanol–water partition coefficient (Wildman–Crippen LogP) is 1.79. The second-order valence-corrected chi connectivity index (χ2v) is 6.12. The van der Waals surface area contributed by atoms with E-state index in [-0.39, 0.29) is 5.91 Å². The number of methoxy groups -OCH3 is 1. The third kappa shape index (κ3) is 4.46. The topological polar surface area (TPSA) is 41.6 Å². The second kappa shape index (κ2) is 7.25. The van der Waals surface area contributed by atoms with Gasteiger partial charge in [0, 0.05) is 25.7 Å². The van der Waals surface area contributed by atoms with Gasteiger partial charge in [0.1, 0.15) is 0 Å². The zero-order valence-corrected chi connectivity index (χ0v) is 12.4. The molecule has 0 unspecified atom stereocenters. The molecule has 1 N–H and O–H groups in total. The Morgan fingerprint density at radius 2 is 1.74 bits per heavy atom. The molecule has 0 aromatic carbocycles. The Balaban J connectivity index is 1.80. The number of ether oxygens (including phenoxy) is 1. The molecule has 110 valence electrons. The minimum Gasteiger partial charge on any atom is -0.383 e. The molecule has 2 aliphatic carbocycles. The van der Waals surface area contributed by atoms with Crippen molar-refractivity contribution < 1.29 is 9.53 Å². The van der Waals surface area contributed by atoms with E-state index in [0.717, 1.165) is 12.5 Å². The molecular weight excluding hydrogens is 240 g/mol. The Morgan fingerprint density at radius 3 is 2.26 bits per heavy atom. The van der Waals surface area contributed by atoms with Crippen LogP contribution in [0.4, 0.5) is 0 Å². The van der Waals surface area contributed by atoms with Crippen molar-refractivity contribution in [1.82, 2.24) is 10.2 Å². The molecule has 19 heavy (non-hydrogen) atoms. The van der Waals surface area contributed by atoms with Gasteiger partial charge >= 0.3 is 0 Å². The van der Waals surface area contributed by atoms with Gasteiger partial charge in [-0.1, -0.05) is 6.92 Å². The molecule has 0 heterocycles. The fourth-order valence-corrected chi connectivity index (χ4v) is 3.04. The van der Waals surface area contributed by atoms with Gasteiger partial charge in [-0.05, 0) is 44.4 Å². The minimum atomic E-state index is 0.290. The van der Waals surface area contributed by atoms with Crippen molar-refractivity contribution in [2.24, 2.45) is 5.92 Å². The van der Waals surface area contributed by atoms with Crippen molar-refractivity contribution in [2.75, 3.05) is 26.8 Å². The first kappa shape index (κ1) is 14.8. The summed E-state index contributed by atoms with van der Waals surface area (Å²) in [5.74, 6) is 1.13. The van der Waals surface area contributed by atoms with Crippen LogP contribution in [0.3, 0.4) is 0 Å². The number of hydrogen-bond donors (Lipinski definition) is 1. The van der Waals surface area contributed by atoms with E-state index in [4.69, 9.17) is 4.74 Å². The summed E-state index contributed by atoms with van der Waals surface area (Å²) in [4.78, 5) is 14.6. The van der Waals surface area contributed by atoms with E-state index in [0.29, 0.717) is 25.2 Å². The van der Waals surface area contributed by atoms with Gasteiger partial charge in [-0.3, -0.25) is 4.79 Å². The predicted molar refractivity (Wildman–Crippen MR) is 76.0 cm³/mol. The normalized spacial score (nSPS) is 27.3. The highest BCUT2D eigenvalue weighted by Crippen LogP contribution is 2.35. The lowest BCUT2D eigenvalue weighted by Crippen LogP contribution is -2.47. The van der Waals surface area contributed by atoms with Crippen LogP contribution in [0.25, 0.3) is 0 Å². The van der Waals surface area contributed by atoms with E-state index >= 15 is 0 Å². The van der Waals surface area contributed by atoms with Gasteiger partial charge in [-0.25, -0.2) is 0 Å². The van der Waals surface area contributed by atoms with Crippen molar-refractivity contribution in [3.05, 3.63) is 0 Å². The Labute approximate surface area is 116 Å². The zero-order chi connectivity index (χ0) is 13.7. The summed E-state index contributed by atoms with van der Waals surface area (Å²) in [6.45, 7) is 4.21. The molecule has 2 saturated carbocycles. The highest BCUT2D eigenvalue weighted by Gasteiger charge is 2.37. The molecule has 2 fully saturated rings. The SMILES string of the molecule is COCCNCC(=O)N(C1CCC(C)CC1)C1CC1. The number of nitrogens with one attached hydrogen (secondary N) is 1. The van der Waals surface area contributed by atoms with Crippen molar-refractivity contribution in [1.29, 1.82) is 0 Å². The van der Waals surface area contributed by atoms with Crippen LogP contribution < -0.4 is 5.32 Å². The Hall–Kier alpha value is -0.610. The number of hydrogen-bond acceptors (Lipinski definition) is 3.